The van der Waals surface area contributed by atoms with Crippen LogP contribution < -0.4 is 11.1 Å². The fourth-order valence-electron chi connectivity index (χ4n) is 2.33. The lowest BCUT2D eigenvalue weighted by Gasteiger charge is -2.35. The lowest BCUT2D eigenvalue weighted by molar-refractivity contribution is -0.140. The number of anilines is 1. The molecule has 2 rings (SSSR count). The largest absolute Gasteiger partial charge is 0.366 e. The van der Waals surface area contributed by atoms with Crippen LogP contribution in [-0.2, 0) is 4.79 Å². The first-order valence-corrected chi connectivity index (χ1v) is 7.05. The van der Waals surface area contributed by atoms with Crippen molar-refractivity contribution >= 4 is 17.8 Å². The number of nitrogens with one attached hydrogen (secondary N) is 2. The highest BCUT2D eigenvalue weighted by Gasteiger charge is 2.30. The number of nitrogen functional groups attached to an aromatic ring is 1. The Bertz CT molecular complexity index is 525. The molecule has 0 atom stereocenters. The quantitative estimate of drug-likeness (QED) is 0.718. The summed E-state index contributed by atoms with van der Waals surface area (Å²) in [5.74, 6) is -0.0125. The zero-order valence-electron chi connectivity index (χ0n) is 12.6. The number of H-pyrrole nitrogens is 1. The number of rotatable bonds is 2. The molecule has 4 N–H and O–H groups in total. The van der Waals surface area contributed by atoms with E-state index in [1.807, 2.05) is 25.7 Å². The highest BCUT2D eigenvalue weighted by atomic mass is 16.2. The van der Waals surface area contributed by atoms with Gasteiger partial charge in [-0.05, 0) is 12.8 Å². The van der Waals surface area contributed by atoms with Crippen LogP contribution >= 0.6 is 0 Å². The van der Waals surface area contributed by atoms with E-state index in [2.05, 4.69) is 20.5 Å². The highest BCUT2D eigenvalue weighted by molar-refractivity contribution is 5.90. The van der Waals surface area contributed by atoms with Gasteiger partial charge in [0, 0.05) is 24.5 Å². The Balaban J connectivity index is 1.84. The Kier molecular flexibility index (Phi) is 4.15. The minimum Gasteiger partial charge on any atom is -0.366 e. The predicted molar refractivity (Wildman–Crippen MR) is 77.3 cm³/mol. The molecule has 0 aliphatic carbocycles. The SMILES string of the molecule is CC(C)(C)C(=O)N1CCC(NC(=O)c2nc(N)n[nH]2)CC1. The topological polar surface area (TPSA) is 117 Å². The van der Waals surface area contributed by atoms with E-state index in [0.29, 0.717) is 13.1 Å². The molecule has 2 amide bonds. The van der Waals surface area contributed by atoms with Gasteiger partial charge in [0.15, 0.2) is 0 Å². The summed E-state index contributed by atoms with van der Waals surface area (Å²) in [4.78, 5) is 29.7. The molecule has 8 nitrogen and oxygen atoms in total. The first-order valence-electron chi connectivity index (χ1n) is 7.05. The number of amides is 2. The van der Waals surface area contributed by atoms with E-state index >= 15 is 0 Å². The second-order valence-corrected chi connectivity index (χ2v) is 6.33. The number of likely N-dealkylation sites (tertiary alicyclic amines) is 1. The average Bonchev–Trinajstić information content (AvgIpc) is 2.84. The van der Waals surface area contributed by atoms with Crippen molar-refractivity contribution in [2.24, 2.45) is 5.41 Å². The molecule has 1 fully saturated rings. The van der Waals surface area contributed by atoms with E-state index in [1.54, 1.807) is 0 Å². The summed E-state index contributed by atoms with van der Waals surface area (Å²) in [5, 5.41) is 8.98. The summed E-state index contributed by atoms with van der Waals surface area (Å²) in [6.07, 6.45) is 1.47. The molecule has 1 aliphatic heterocycles. The molecule has 0 spiro atoms. The van der Waals surface area contributed by atoms with Crippen LogP contribution in [0.25, 0.3) is 0 Å². The van der Waals surface area contributed by atoms with Crippen molar-refractivity contribution < 1.29 is 9.59 Å². The van der Waals surface area contributed by atoms with Crippen LogP contribution in [0.15, 0.2) is 0 Å². The second-order valence-electron chi connectivity index (χ2n) is 6.33. The van der Waals surface area contributed by atoms with Gasteiger partial charge in [0.1, 0.15) is 0 Å². The normalized spacial score (nSPS) is 16.8. The molecule has 116 valence electrons. The van der Waals surface area contributed by atoms with E-state index < -0.39 is 0 Å². The zero-order chi connectivity index (χ0) is 15.6. The van der Waals surface area contributed by atoms with Gasteiger partial charge in [-0.1, -0.05) is 20.8 Å². The van der Waals surface area contributed by atoms with E-state index in [0.717, 1.165) is 12.8 Å². The van der Waals surface area contributed by atoms with Gasteiger partial charge >= 0.3 is 0 Å². The van der Waals surface area contributed by atoms with Crippen molar-refractivity contribution in [1.29, 1.82) is 0 Å². The lowest BCUT2D eigenvalue weighted by atomic mass is 9.93. The number of hydrogen-bond donors (Lipinski definition) is 3. The molecular weight excluding hydrogens is 272 g/mol. The molecule has 1 saturated heterocycles. The van der Waals surface area contributed by atoms with E-state index in [4.69, 9.17) is 5.73 Å². The Morgan fingerprint density at radius 3 is 2.43 bits per heavy atom. The number of aromatic nitrogens is 3. The van der Waals surface area contributed by atoms with Gasteiger partial charge in [0.2, 0.25) is 17.7 Å². The minimum absolute atomic E-state index is 0.0350. The second kappa shape index (κ2) is 5.71. The fourth-order valence-corrected chi connectivity index (χ4v) is 2.33. The number of carbonyl (C=O) groups is 2. The van der Waals surface area contributed by atoms with Crippen molar-refractivity contribution in [3.05, 3.63) is 5.82 Å². The maximum absolute atomic E-state index is 12.2. The van der Waals surface area contributed by atoms with Gasteiger partial charge in [-0.3, -0.25) is 14.7 Å². The smallest absolute Gasteiger partial charge is 0.288 e. The molecule has 1 aromatic heterocycles. The first-order chi connectivity index (χ1) is 9.77. The third-order valence-corrected chi connectivity index (χ3v) is 3.48. The molecule has 0 radical (unpaired) electrons. The zero-order valence-corrected chi connectivity index (χ0v) is 12.6. The van der Waals surface area contributed by atoms with Crippen molar-refractivity contribution in [2.45, 2.75) is 39.7 Å². The Hall–Kier alpha value is -2.12. The van der Waals surface area contributed by atoms with Crippen molar-refractivity contribution in [1.82, 2.24) is 25.4 Å². The minimum atomic E-state index is -0.368. The average molecular weight is 294 g/mol. The van der Waals surface area contributed by atoms with Crippen LogP contribution in [0.4, 0.5) is 5.95 Å². The van der Waals surface area contributed by atoms with Gasteiger partial charge in [-0.2, -0.15) is 4.98 Å². The Morgan fingerprint density at radius 2 is 1.95 bits per heavy atom. The van der Waals surface area contributed by atoms with Crippen LogP contribution in [0.1, 0.15) is 44.2 Å². The number of aromatic amines is 1. The summed E-state index contributed by atoms with van der Waals surface area (Å²) in [6, 6.07) is 0.0350. The predicted octanol–water partition coefficient (Wildman–Crippen LogP) is 0.154. The maximum Gasteiger partial charge on any atom is 0.288 e. The van der Waals surface area contributed by atoms with Gasteiger partial charge < -0.3 is 16.0 Å². The van der Waals surface area contributed by atoms with Crippen LogP contribution in [0.5, 0.6) is 0 Å². The molecule has 0 bridgehead atoms. The number of nitrogens with zero attached hydrogens (tertiary/aromatic N) is 3. The maximum atomic E-state index is 12.2. The summed E-state index contributed by atoms with van der Waals surface area (Å²) in [7, 11) is 0. The standard InChI is InChI=1S/C13H22N6O2/c1-13(2,3)11(21)19-6-4-8(5-7-19)15-10(20)9-16-12(14)18-17-9/h8H,4-7H2,1-3H3,(H,15,20)(H3,14,16,17,18). The highest BCUT2D eigenvalue weighted by Crippen LogP contribution is 2.21. The molecule has 2 heterocycles. The molecule has 0 saturated carbocycles. The molecule has 21 heavy (non-hydrogen) atoms. The number of hydrogen-bond acceptors (Lipinski definition) is 5. The first kappa shape index (κ1) is 15.3. The Labute approximate surface area is 123 Å². The van der Waals surface area contributed by atoms with Crippen LogP contribution in [-0.4, -0.2) is 51.0 Å². The molecule has 1 aromatic rings. The van der Waals surface area contributed by atoms with Crippen molar-refractivity contribution in [3.8, 4) is 0 Å². The van der Waals surface area contributed by atoms with E-state index in [1.165, 1.54) is 0 Å². The third-order valence-electron chi connectivity index (χ3n) is 3.48. The monoisotopic (exact) mass is 294 g/mol. The Morgan fingerprint density at radius 1 is 1.33 bits per heavy atom. The van der Waals surface area contributed by atoms with E-state index in [-0.39, 0.29) is 35.0 Å². The van der Waals surface area contributed by atoms with E-state index in [9.17, 15) is 9.59 Å². The van der Waals surface area contributed by atoms with Gasteiger partial charge in [0.05, 0.1) is 0 Å². The van der Waals surface area contributed by atoms with Gasteiger partial charge in [-0.15, -0.1) is 5.10 Å². The number of piperidine rings is 1. The van der Waals surface area contributed by atoms with Crippen LogP contribution in [0.2, 0.25) is 0 Å². The lowest BCUT2D eigenvalue weighted by Crippen LogP contribution is -2.49. The number of carbonyl (C=O) groups excluding carboxylic acids is 2. The summed E-state index contributed by atoms with van der Waals surface area (Å²) < 4.78 is 0. The summed E-state index contributed by atoms with van der Waals surface area (Å²) in [5.41, 5.74) is 5.00. The van der Waals surface area contributed by atoms with Crippen molar-refractivity contribution in [2.75, 3.05) is 18.8 Å². The third kappa shape index (κ3) is 3.71. The molecule has 0 unspecified atom stereocenters. The van der Waals surface area contributed by atoms with Crippen LogP contribution in [0.3, 0.4) is 0 Å². The summed E-state index contributed by atoms with van der Waals surface area (Å²) >= 11 is 0. The van der Waals surface area contributed by atoms with Crippen LogP contribution in [0, 0.1) is 5.41 Å². The molecule has 0 aromatic carbocycles. The fraction of sp³-hybridized carbons (Fsp3) is 0.692. The van der Waals surface area contributed by atoms with Crippen molar-refractivity contribution in [3.63, 3.8) is 0 Å². The molecular formula is C13H22N6O2. The number of nitrogens with two attached hydrogens (primary N) is 1. The van der Waals surface area contributed by atoms with Gasteiger partial charge in [0.25, 0.3) is 5.91 Å². The molecule has 8 heteroatoms. The van der Waals surface area contributed by atoms with Gasteiger partial charge in [-0.25, -0.2) is 0 Å². The summed E-state index contributed by atoms with van der Waals surface area (Å²) in [6.45, 7) is 7.05. The molecule has 1 aliphatic rings.